The van der Waals surface area contributed by atoms with E-state index in [1.807, 2.05) is 28.9 Å². The van der Waals surface area contributed by atoms with E-state index in [2.05, 4.69) is 14.9 Å². The van der Waals surface area contributed by atoms with Crippen LogP contribution in [-0.2, 0) is 11.3 Å². The van der Waals surface area contributed by atoms with Gasteiger partial charge in [-0.2, -0.15) is 5.10 Å². The highest BCUT2D eigenvalue weighted by molar-refractivity contribution is 6.31. The van der Waals surface area contributed by atoms with Crippen LogP contribution in [0.5, 0.6) is 0 Å². The Morgan fingerprint density at radius 2 is 2.00 bits per heavy atom. The van der Waals surface area contributed by atoms with E-state index in [-0.39, 0.29) is 0 Å². The summed E-state index contributed by atoms with van der Waals surface area (Å²) in [4.78, 5) is 22.5. The van der Waals surface area contributed by atoms with E-state index < -0.39 is 5.97 Å². The lowest BCUT2D eigenvalue weighted by molar-refractivity contribution is 0.0602. The highest BCUT2D eigenvalue weighted by Crippen LogP contribution is 2.33. The number of carbonyl (C=O) groups excluding carboxylic acids is 1. The highest BCUT2D eigenvalue weighted by Gasteiger charge is 2.20. The summed E-state index contributed by atoms with van der Waals surface area (Å²) in [5.74, 6) is -0.397. The molecular weight excluding hydrogens is 402 g/mol. The second kappa shape index (κ2) is 7.74. The predicted octanol–water partition coefficient (Wildman–Crippen LogP) is 4.12. The number of benzene rings is 1. The number of carbonyl (C=O) groups is 1. The average Bonchev–Trinajstić information content (AvgIpc) is 3.48. The number of likely N-dealkylation sites (tertiary alicyclic amines) is 1. The number of nitrogens with one attached hydrogen (secondary N) is 1. The first kappa shape index (κ1) is 19.1. The number of methoxy groups -OCH3 is 1. The largest absolute Gasteiger partial charge is 0.465 e. The third-order valence-corrected chi connectivity index (χ3v) is 5.94. The number of nitrogens with zero attached hydrogens (tertiary/aromatic N) is 4. The van der Waals surface area contributed by atoms with Gasteiger partial charge in [0.1, 0.15) is 0 Å². The zero-order chi connectivity index (χ0) is 20.7. The van der Waals surface area contributed by atoms with Crippen LogP contribution >= 0.6 is 11.6 Å². The van der Waals surface area contributed by atoms with Crippen molar-refractivity contribution in [1.29, 1.82) is 0 Å². The van der Waals surface area contributed by atoms with Gasteiger partial charge in [0, 0.05) is 23.2 Å². The van der Waals surface area contributed by atoms with Crippen molar-refractivity contribution < 1.29 is 9.53 Å². The molecule has 0 bridgehead atoms. The van der Waals surface area contributed by atoms with Crippen LogP contribution in [0, 0.1) is 0 Å². The molecule has 5 rings (SSSR count). The summed E-state index contributed by atoms with van der Waals surface area (Å²) in [5.41, 5.74) is 4.49. The number of esters is 1. The second-order valence-corrected chi connectivity index (χ2v) is 8.01. The third kappa shape index (κ3) is 3.34. The van der Waals surface area contributed by atoms with Crippen LogP contribution in [0.2, 0.25) is 5.02 Å². The van der Waals surface area contributed by atoms with E-state index >= 15 is 0 Å². The number of H-pyrrole nitrogens is 1. The molecular formula is C22H22ClN5O2. The molecule has 0 spiro atoms. The zero-order valence-corrected chi connectivity index (χ0v) is 17.4. The molecule has 0 radical (unpaired) electrons. The van der Waals surface area contributed by atoms with E-state index in [4.69, 9.17) is 21.4 Å². The van der Waals surface area contributed by atoms with Gasteiger partial charge >= 0.3 is 5.97 Å². The van der Waals surface area contributed by atoms with Crippen LogP contribution in [0.25, 0.3) is 33.3 Å². The normalized spacial score (nSPS) is 14.7. The summed E-state index contributed by atoms with van der Waals surface area (Å²) < 4.78 is 6.95. The topological polar surface area (TPSA) is 76.0 Å². The van der Waals surface area contributed by atoms with E-state index in [0.29, 0.717) is 21.6 Å². The van der Waals surface area contributed by atoms with Gasteiger partial charge in [0.05, 0.1) is 47.2 Å². The van der Waals surface area contributed by atoms with Crippen LogP contribution in [0.4, 0.5) is 0 Å². The van der Waals surface area contributed by atoms with Gasteiger partial charge < -0.3 is 14.6 Å². The minimum absolute atomic E-state index is 0.397. The first-order chi connectivity index (χ1) is 14.6. The molecule has 0 aliphatic carbocycles. The maximum Gasteiger partial charge on any atom is 0.340 e. The Labute approximate surface area is 178 Å². The third-order valence-electron chi connectivity index (χ3n) is 5.71. The summed E-state index contributed by atoms with van der Waals surface area (Å²) in [5, 5.41) is 6.46. The summed E-state index contributed by atoms with van der Waals surface area (Å²) >= 11 is 6.30. The molecule has 0 atom stereocenters. The lowest BCUT2D eigenvalue weighted by atomic mass is 10.1. The maximum atomic E-state index is 12.2. The lowest BCUT2D eigenvalue weighted by Gasteiger charge is -2.15. The van der Waals surface area contributed by atoms with Gasteiger partial charge in [0.2, 0.25) is 0 Å². The van der Waals surface area contributed by atoms with Crippen LogP contribution in [-0.4, -0.2) is 57.4 Å². The summed E-state index contributed by atoms with van der Waals surface area (Å²) in [6.07, 6.45) is 4.13. The van der Waals surface area contributed by atoms with Gasteiger partial charge in [-0.15, -0.1) is 0 Å². The first-order valence-electron chi connectivity index (χ1n) is 10.1. The van der Waals surface area contributed by atoms with E-state index in [1.165, 1.54) is 20.0 Å². The van der Waals surface area contributed by atoms with Gasteiger partial charge in [-0.05, 0) is 56.3 Å². The van der Waals surface area contributed by atoms with Crippen molar-refractivity contribution in [1.82, 2.24) is 24.6 Å². The number of ether oxygens (including phenoxy) is 1. The van der Waals surface area contributed by atoms with Crippen molar-refractivity contribution in [2.24, 2.45) is 0 Å². The smallest absolute Gasteiger partial charge is 0.340 e. The van der Waals surface area contributed by atoms with Crippen molar-refractivity contribution in [2.75, 3.05) is 26.7 Å². The number of fused-ring (bicyclic) bond motifs is 2. The molecule has 1 fully saturated rings. The van der Waals surface area contributed by atoms with Crippen LogP contribution < -0.4 is 0 Å². The fourth-order valence-electron chi connectivity index (χ4n) is 4.23. The molecule has 4 aromatic rings. The quantitative estimate of drug-likeness (QED) is 0.489. The minimum Gasteiger partial charge on any atom is -0.465 e. The molecule has 4 heterocycles. The molecule has 1 saturated heterocycles. The van der Waals surface area contributed by atoms with Gasteiger partial charge in [0.25, 0.3) is 0 Å². The van der Waals surface area contributed by atoms with Crippen LogP contribution in [0.3, 0.4) is 0 Å². The molecule has 1 aliphatic heterocycles. The standard InChI is InChI=1S/C22H22ClN5O2/c1-30-22(29)15-6-7-24-18-13-19(25-20(15)18)21-16-12-14(23)4-5-17(16)26-28(21)11-10-27-8-2-3-9-27/h4-7,12-13,25H,2-3,8-11H2,1H3. The van der Waals surface area contributed by atoms with Crippen molar-refractivity contribution in [3.63, 3.8) is 0 Å². The Kier molecular flexibility index (Phi) is 4.92. The number of aromatic nitrogens is 4. The monoisotopic (exact) mass is 423 g/mol. The first-order valence-corrected chi connectivity index (χ1v) is 10.5. The van der Waals surface area contributed by atoms with Crippen molar-refractivity contribution in [3.05, 3.63) is 47.1 Å². The van der Waals surface area contributed by atoms with Crippen LogP contribution in [0.1, 0.15) is 23.2 Å². The molecule has 154 valence electrons. The molecule has 1 N–H and O–H groups in total. The van der Waals surface area contributed by atoms with Gasteiger partial charge in [0.15, 0.2) is 0 Å². The molecule has 1 aromatic carbocycles. The summed E-state index contributed by atoms with van der Waals surface area (Å²) in [7, 11) is 1.38. The number of rotatable bonds is 5. The highest BCUT2D eigenvalue weighted by atomic mass is 35.5. The predicted molar refractivity (Wildman–Crippen MR) is 117 cm³/mol. The van der Waals surface area contributed by atoms with E-state index in [9.17, 15) is 4.79 Å². The average molecular weight is 424 g/mol. The molecule has 8 heteroatoms. The molecule has 0 unspecified atom stereocenters. The molecule has 1 aliphatic rings. The molecule has 0 saturated carbocycles. The fraction of sp³-hybridized carbons (Fsp3) is 0.318. The Bertz CT molecular complexity index is 1240. The number of aromatic amines is 1. The second-order valence-electron chi connectivity index (χ2n) is 7.58. The minimum atomic E-state index is -0.397. The SMILES string of the molecule is COC(=O)c1ccnc2cc(-c3c4cc(Cl)ccc4nn3CCN3CCCC3)[nH]c12. The van der Waals surface area contributed by atoms with Crippen molar-refractivity contribution >= 4 is 39.5 Å². The van der Waals surface area contributed by atoms with Crippen molar-refractivity contribution in [3.8, 4) is 11.4 Å². The number of hydrogen-bond donors (Lipinski definition) is 1. The van der Waals surface area contributed by atoms with E-state index in [1.54, 1.807) is 12.3 Å². The number of pyridine rings is 1. The molecule has 30 heavy (non-hydrogen) atoms. The maximum absolute atomic E-state index is 12.2. The molecule has 3 aromatic heterocycles. The molecule has 7 nitrogen and oxygen atoms in total. The Balaban J connectivity index is 1.64. The fourth-order valence-corrected chi connectivity index (χ4v) is 4.40. The summed E-state index contributed by atoms with van der Waals surface area (Å²) in [6.45, 7) is 4.00. The van der Waals surface area contributed by atoms with Gasteiger partial charge in [-0.1, -0.05) is 11.6 Å². The summed E-state index contributed by atoms with van der Waals surface area (Å²) in [6, 6.07) is 9.34. The van der Waals surface area contributed by atoms with Gasteiger partial charge in [-0.3, -0.25) is 9.67 Å². The Hall–Kier alpha value is -2.90. The van der Waals surface area contributed by atoms with Crippen molar-refractivity contribution in [2.45, 2.75) is 19.4 Å². The number of halogens is 1. The lowest BCUT2D eigenvalue weighted by Crippen LogP contribution is -2.24. The number of hydrogen-bond acceptors (Lipinski definition) is 5. The Morgan fingerprint density at radius 1 is 1.17 bits per heavy atom. The van der Waals surface area contributed by atoms with Gasteiger partial charge in [-0.25, -0.2) is 4.79 Å². The zero-order valence-electron chi connectivity index (χ0n) is 16.7. The van der Waals surface area contributed by atoms with Crippen LogP contribution in [0.15, 0.2) is 36.5 Å². The Morgan fingerprint density at radius 3 is 2.80 bits per heavy atom. The van der Waals surface area contributed by atoms with E-state index in [0.717, 1.165) is 48.5 Å². The molecule has 0 amide bonds.